The number of aromatic hydroxyl groups is 2. The SMILES string of the molecule is COc1cc2c(cc1OC)-c1c(C)c3ccc(OC)c(OC)c3c[n+]1CC2.COc1ccc2c(C)c3[n+](cc2c1OC)CCc1cc(O)c(O)cc1-3.COc1ccc2c(C)c3[n+](cc2c1OC)CCc1cc2c(cc1-3)OCO2.COc1ccc2c(c1OC)C(C)N1CCc3cc4c(cc3C1=C2)OCO4.COc1ccc2cc3[n+](cc2c1OC)CCc1cc2c(cc1-3)OCO2.[Cl-]. The van der Waals surface area contributed by atoms with E-state index in [0.717, 1.165) is 223 Å². The number of aromatic nitrogens is 4. The Morgan fingerprint density at radius 2 is 0.669 bits per heavy atom. The quantitative estimate of drug-likeness (QED) is 0.0856. The minimum absolute atomic E-state index is 0. The van der Waals surface area contributed by atoms with Crippen molar-refractivity contribution in [3.05, 3.63) is 213 Å². The van der Waals surface area contributed by atoms with Crippen LogP contribution in [0.25, 0.3) is 99.9 Å². The Labute approximate surface area is 759 Å². The second kappa shape index (κ2) is 35.4. The summed E-state index contributed by atoms with van der Waals surface area (Å²) in [6.07, 6.45) is 15.4. The van der Waals surface area contributed by atoms with Gasteiger partial charge in [0, 0.05) is 88.0 Å². The van der Waals surface area contributed by atoms with Gasteiger partial charge in [0.05, 0.1) is 135 Å². The molecular weight excluding hydrogens is 1670 g/mol. The first kappa shape index (κ1) is 86.4. The van der Waals surface area contributed by atoms with Gasteiger partial charge in [0.15, 0.2) is 166 Å². The number of halogens is 1. The van der Waals surface area contributed by atoms with Crippen LogP contribution in [0.3, 0.4) is 0 Å². The lowest BCUT2D eigenvalue weighted by Crippen LogP contribution is -3.00. The Morgan fingerprint density at radius 1 is 0.323 bits per heavy atom. The molecule has 0 saturated carbocycles. The van der Waals surface area contributed by atoms with Crippen molar-refractivity contribution in [3.8, 4) is 160 Å². The van der Waals surface area contributed by atoms with E-state index in [1.165, 1.54) is 94.9 Å². The number of methoxy groups -OCH3 is 12. The highest BCUT2D eigenvalue weighted by molar-refractivity contribution is 5.98. The Kier molecular flexibility index (Phi) is 23.5. The number of aryl methyl sites for hydroxylation is 11. The van der Waals surface area contributed by atoms with E-state index >= 15 is 0 Å². The van der Waals surface area contributed by atoms with Gasteiger partial charge in [0.2, 0.25) is 43.2 Å². The summed E-state index contributed by atoms with van der Waals surface area (Å²) in [4.78, 5) is 2.44. The highest BCUT2D eigenvalue weighted by atomic mass is 35.5. The molecule has 0 amide bonds. The largest absolute Gasteiger partial charge is 1.00 e. The maximum Gasteiger partial charge on any atom is 0.231 e. The molecule has 10 aromatic carbocycles. The van der Waals surface area contributed by atoms with Crippen LogP contribution >= 0.6 is 0 Å². The summed E-state index contributed by atoms with van der Waals surface area (Å²) in [5.74, 6) is 13.9. The highest BCUT2D eigenvalue weighted by Gasteiger charge is 2.39. The molecule has 0 fully saturated rings. The Hall–Kier alpha value is -14.3. The van der Waals surface area contributed by atoms with Gasteiger partial charge in [-0.3, -0.25) is 0 Å². The summed E-state index contributed by atoms with van der Waals surface area (Å²) in [6.45, 7) is 14.0. The number of rotatable bonds is 12. The van der Waals surface area contributed by atoms with Gasteiger partial charge in [0.1, 0.15) is 0 Å². The summed E-state index contributed by atoms with van der Waals surface area (Å²) < 4.78 is 109. The molecule has 0 radical (unpaired) electrons. The van der Waals surface area contributed by atoms with E-state index in [1.807, 2.05) is 36.4 Å². The fraction of sp³-hybridized carbons (Fsp3) is 0.288. The lowest BCUT2D eigenvalue weighted by molar-refractivity contribution is -0.686. The second-order valence-electron chi connectivity index (χ2n) is 32.7. The van der Waals surface area contributed by atoms with Crippen LogP contribution in [0.1, 0.15) is 74.2 Å². The number of phenols is 2. The Bertz CT molecular complexity index is 6970. The minimum Gasteiger partial charge on any atom is -1.00 e. The average molecular weight is 1780 g/mol. The molecule has 668 valence electrons. The van der Waals surface area contributed by atoms with Crippen LogP contribution in [0.15, 0.2) is 152 Å². The molecule has 1 atom stereocenters. The minimum atomic E-state index is -0.0981. The topological polar surface area (TPSA) is 225 Å². The van der Waals surface area contributed by atoms with Crippen molar-refractivity contribution >= 4 is 54.9 Å². The molecule has 23 rings (SSSR count). The zero-order valence-corrected chi connectivity index (χ0v) is 76.4. The van der Waals surface area contributed by atoms with E-state index in [-0.39, 0.29) is 29.9 Å². The number of benzene rings is 10. The van der Waals surface area contributed by atoms with Crippen LogP contribution in [-0.4, -0.2) is 127 Å². The van der Waals surface area contributed by atoms with E-state index in [0.29, 0.717) is 26.1 Å². The van der Waals surface area contributed by atoms with Gasteiger partial charge >= 0.3 is 0 Å². The molecule has 0 spiro atoms. The summed E-state index contributed by atoms with van der Waals surface area (Å²) in [5, 5.41) is 28.4. The number of pyridine rings is 4. The number of nitrogens with zero attached hydrogens (tertiary/aromatic N) is 5. The zero-order chi connectivity index (χ0) is 89.5. The van der Waals surface area contributed by atoms with Crippen molar-refractivity contribution in [2.24, 2.45) is 0 Å². The van der Waals surface area contributed by atoms with Gasteiger partial charge < -0.3 is 113 Å². The molecular formula is C104H103ClN5O20+3. The average Bonchev–Trinajstić information content (AvgIpc) is 1.06. The number of hydrogen-bond donors (Lipinski definition) is 2. The summed E-state index contributed by atoms with van der Waals surface area (Å²) in [7, 11) is 20.1. The number of ether oxygens (including phenoxy) is 18. The predicted octanol–water partition coefficient (Wildman–Crippen LogP) is 14.1. The molecule has 13 heterocycles. The van der Waals surface area contributed by atoms with Crippen LogP contribution in [0.4, 0.5) is 0 Å². The van der Waals surface area contributed by atoms with Crippen molar-refractivity contribution in [3.63, 3.8) is 0 Å². The van der Waals surface area contributed by atoms with Crippen LogP contribution < -0.4 is 116 Å². The van der Waals surface area contributed by atoms with Crippen LogP contribution in [0.2, 0.25) is 0 Å². The Balaban J connectivity index is 0.000000109. The van der Waals surface area contributed by atoms with Crippen molar-refractivity contribution in [1.82, 2.24) is 4.90 Å². The third kappa shape index (κ3) is 14.7. The van der Waals surface area contributed by atoms with Gasteiger partial charge in [-0.05, 0) is 194 Å². The zero-order valence-electron chi connectivity index (χ0n) is 75.6. The lowest BCUT2D eigenvalue weighted by atomic mass is 9.86. The predicted molar refractivity (Wildman–Crippen MR) is 487 cm³/mol. The van der Waals surface area contributed by atoms with E-state index < -0.39 is 0 Å². The van der Waals surface area contributed by atoms with Gasteiger partial charge in [0.25, 0.3) is 0 Å². The molecule has 25 nitrogen and oxygen atoms in total. The maximum absolute atomic E-state index is 9.96. The highest BCUT2D eigenvalue weighted by Crippen LogP contribution is 2.53. The van der Waals surface area contributed by atoms with Crippen LogP contribution in [0.5, 0.6) is 115 Å². The molecule has 0 bridgehead atoms. The molecule has 9 aliphatic heterocycles. The fourth-order valence-corrected chi connectivity index (χ4v) is 20.1. The second-order valence-corrected chi connectivity index (χ2v) is 32.7. The number of phenolic OH excluding ortho intramolecular Hbond substituents is 2. The smallest absolute Gasteiger partial charge is 0.231 e. The van der Waals surface area contributed by atoms with E-state index in [9.17, 15) is 10.2 Å². The standard InChI is InChI=1S/C22H24NO4.C21H21NO4.C21H20NO4.C20H18NO4.C20H19NO4.ClH/c1-13-15-6-7-18(24-2)22(27-5)17(15)12-23-9-8-14-10-19(25-3)20(26-4)11-16(14)21(13)23;1-12-20-14(4-5-17(23-2)21(20)24-3)8-16-15-10-19-18(25-11-26-19)9-13(15)6-7-22(12)16;1-12-14-4-5-17(23-2)21(24-3)16(14)10-22-7-6-13-8-18-19(26-11-25-18)9-15(13)20(12)22;1-22-17-4-3-12-7-16-14-9-19-18(24-11-25-19)8-13(14)5-6-21(16)10-15(12)20(17)23-2;1-11-13-4-5-18(24-2)20(25-3)15(13)10-21-7-6-12-8-16(22)17(23)9-14(12)19(11)21;/h6-7,10-12H,8-9H2,1-5H3;4-5,8-10,12H,6-7,11H2,1-3H3;4-5,8-10H,6-7,11H2,1-3H3;3-4,7-10H,5-6,11H2,1-2H3;4-5,8-10,23H,6-7H2,1-3H3;1H/q+1;;2*+1;;. The van der Waals surface area contributed by atoms with E-state index in [4.69, 9.17) is 85.3 Å². The normalized spacial score (nSPS) is 14.4. The van der Waals surface area contributed by atoms with Crippen molar-refractivity contribution in [2.75, 3.05) is 112 Å². The number of fused-ring (bicyclic) bond motifs is 23. The third-order valence-electron chi connectivity index (χ3n) is 26.4. The molecule has 0 aliphatic carbocycles. The summed E-state index contributed by atoms with van der Waals surface area (Å²) >= 11 is 0. The van der Waals surface area contributed by atoms with Gasteiger partial charge in [-0.2, -0.15) is 18.3 Å². The van der Waals surface area contributed by atoms with Gasteiger partial charge in [-0.25, -0.2) is 0 Å². The van der Waals surface area contributed by atoms with E-state index in [1.54, 1.807) is 97.5 Å². The van der Waals surface area contributed by atoms with Crippen molar-refractivity contribution < 1.29 is 126 Å². The van der Waals surface area contributed by atoms with Crippen molar-refractivity contribution in [1.29, 1.82) is 0 Å². The molecule has 1 unspecified atom stereocenters. The third-order valence-corrected chi connectivity index (χ3v) is 26.4. The van der Waals surface area contributed by atoms with Gasteiger partial charge in [-0.1, -0.05) is 6.07 Å². The molecule has 26 heteroatoms. The first-order valence-corrected chi connectivity index (χ1v) is 43.0. The molecule has 2 N–H and O–H groups in total. The summed E-state index contributed by atoms with van der Waals surface area (Å²) in [6, 6.07) is 42.7. The molecule has 0 saturated heterocycles. The first-order chi connectivity index (χ1) is 62.9. The van der Waals surface area contributed by atoms with E-state index in [2.05, 4.69) is 161 Å². The van der Waals surface area contributed by atoms with Crippen molar-refractivity contribution in [2.45, 2.75) is 92.0 Å². The first-order valence-electron chi connectivity index (χ1n) is 43.0. The molecule has 14 aromatic rings. The van der Waals surface area contributed by atoms with Crippen LogP contribution in [0, 0.1) is 20.8 Å². The van der Waals surface area contributed by atoms with Crippen LogP contribution in [-0.2, 0) is 58.3 Å². The molecule has 4 aromatic heterocycles. The Morgan fingerprint density at radius 3 is 1.13 bits per heavy atom. The molecule has 9 aliphatic rings. The monoisotopic (exact) mass is 1780 g/mol. The number of hydrogen-bond acceptors (Lipinski definition) is 21. The lowest BCUT2D eigenvalue weighted by Gasteiger charge is -2.42. The molecule has 130 heavy (non-hydrogen) atoms. The fourth-order valence-electron chi connectivity index (χ4n) is 20.1. The summed E-state index contributed by atoms with van der Waals surface area (Å²) in [5.41, 5.74) is 23.8. The maximum atomic E-state index is 9.96. The van der Waals surface area contributed by atoms with Gasteiger partial charge in [-0.15, -0.1) is 0 Å².